The molecule has 3 heterocycles. The number of allylic oxidation sites excluding steroid dienone is 1. The number of hydrogen-bond acceptors (Lipinski definition) is 4. The Balaban J connectivity index is 0.000000185. The third-order valence-electron chi connectivity index (χ3n) is 11.7. The zero-order chi connectivity index (χ0) is 40.7. The van der Waals surface area contributed by atoms with Gasteiger partial charge in [-0.3, -0.25) is 4.31 Å². The molecule has 1 aromatic heterocycles. The highest BCUT2D eigenvalue weighted by atomic mass is 32.2. The highest BCUT2D eigenvalue weighted by molar-refractivity contribution is 7.96. The van der Waals surface area contributed by atoms with Crippen LogP contribution in [0.15, 0.2) is 223 Å². The van der Waals surface area contributed by atoms with Gasteiger partial charge in [0, 0.05) is 51.1 Å². The van der Waals surface area contributed by atoms with E-state index in [-0.39, 0.29) is 0 Å². The molecule has 0 bridgehead atoms. The molecule has 0 spiro atoms. The number of H-pyrrole nitrogens is 1. The van der Waals surface area contributed by atoms with E-state index in [1.54, 1.807) is 0 Å². The van der Waals surface area contributed by atoms with Crippen molar-refractivity contribution < 1.29 is 0 Å². The molecule has 0 unspecified atom stereocenters. The van der Waals surface area contributed by atoms with Crippen LogP contribution in [-0.4, -0.2) is 22.0 Å². The number of aromatic nitrogens is 1. The molecule has 290 valence electrons. The van der Waals surface area contributed by atoms with Gasteiger partial charge < -0.3 is 9.88 Å². The summed E-state index contributed by atoms with van der Waals surface area (Å²) in [6.07, 6.45) is 2.14. The van der Waals surface area contributed by atoms with Crippen LogP contribution in [-0.2, 0) is 0 Å². The van der Waals surface area contributed by atoms with Gasteiger partial charge in [-0.15, -0.1) is 0 Å². The van der Waals surface area contributed by atoms with Crippen LogP contribution in [0, 0.1) is 0 Å². The van der Waals surface area contributed by atoms with Crippen LogP contribution in [0.25, 0.3) is 71.7 Å². The summed E-state index contributed by atoms with van der Waals surface area (Å²) in [7, 11) is 2.04. The maximum Gasteiger partial charge on any atom is 0.0933 e. The van der Waals surface area contributed by atoms with Gasteiger partial charge in [-0.25, -0.2) is 0 Å². The quantitative estimate of drug-likeness (QED) is 0.176. The van der Waals surface area contributed by atoms with Crippen LogP contribution in [0.2, 0.25) is 0 Å². The molecule has 0 fully saturated rings. The summed E-state index contributed by atoms with van der Waals surface area (Å²) in [5.41, 5.74) is 17.9. The highest BCUT2D eigenvalue weighted by Gasteiger charge is 2.30. The highest BCUT2D eigenvalue weighted by Crippen LogP contribution is 2.55. The van der Waals surface area contributed by atoms with Gasteiger partial charge in [0.25, 0.3) is 0 Å². The van der Waals surface area contributed by atoms with Crippen molar-refractivity contribution in [1.29, 1.82) is 0 Å². The Hall–Kier alpha value is -7.60. The van der Waals surface area contributed by atoms with E-state index >= 15 is 0 Å². The van der Waals surface area contributed by atoms with Crippen LogP contribution in [0.5, 0.6) is 0 Å². The van der Waals surface area contributed by atoms with E-state index in [9.17, 15) is 0 Å². The first-order valence-corrected chi connectivity index (χ1v) is 21.3. The van der Waals surface area contributed by atoms with E-state index in [4.69, 9.17) is 0 Å². The van der Waals surface area contributed by atoms with Gasteiger partial charge in [0.15, 0.2) is 0 Å². The first kappa shape index (κ1) is 36.5. The normalized spacial score (nSPS) is 13.1. The van der Waals surface area contributed by atoms with Crippen molar-refractivity contribution in [3.05, 3.63) is 230 Å². The second kappa shape index (κ2) is 15.5. The number of hydrogen-bond donors (Lipinski definition) is 1. The lowest BCUT2D eigenvalue weighted by molar-refractivity contribution is 0.804. The summed E-state index contributed by atoms with van der Waals surface area (Å²) in [6.45, 7) is 0. The fourth-order valence-corrected chi connectivity index (χ4v) is 9.50. The number of anilines is 3. The van der Waals surface area contributed by atoms with Crippen molar-refractivity contribution in [1.82, 2.24) is 9.29 Å². The van der Waals surface area contributed by atoms with Crippen LogP contribution in [0.4, 0.5) is 17.1 Å². The summed E-state index contributed by atoms with van der Waals surface area (Å²) in [4.78, 5) is 6.21. The molecule has 9 aromatic carbocycles. The monoisotopic (exact) mass is 800 g/mol. The maximum absolute atomic E-state index is 4.54. The van der Waals surface area contributed by atoms with Gasteiger partial charge in [0.1, 0.15) is 0 Å². The van der Waals surface area contributed by atoms with Crippen LogP contribution in [0.1, 0.15) is 11.1 Å². The van der Waals surface area contributed by atoms with Crippen molar-refractivity contribution >= 4 is 73.2 Å². The predicted molar refractivity (Wildman–Crippen MR) is 261 cm³/mol. The average Bonchev–Trinajstić information content (AvgIpc) is 3.72. The van der Waals surface area contributed by atoms with Gasteiger partial charge in [0.05, 0.1) is 34.9 Å². The molecule has 1 N–H and O–H groups in total. The summed E-state index contributed by atoms with van der Waals surface area (Å²) >= 11 is 1.48. The molecular weight excluding hydrogens is 761 g/mol. The molecule has 0 saturated carbocycles. The van der Waals surface area contributed by atoms with Crippen molar-refractivity contribution in [2.45, 2.75) is 0 Å². The molecule has 0 atom stereocenters. The van der Waals surface area contributed by atoms with Gasteiger partial charge in [0.2, 0.25) is 0 Å². The lowest BCUT2D eigenvalue weighted by Gasteiger charge is -2.34. The number of fused-ring (bicyclic) bond motifs is 6. The van der Waals surface area contributed by atoms with E-state index in [1.165, 1.54) is 89.7 Å². The molecule has 2 aliphatic rings. The molecule has 0 amide bonds. The Kier molecular flexibility index (Phi) is 9.29. The Morgan fingerprint density at radius 2 is 1.03 bits per heavy atom. The average molecular weight is 801 g/mol. The smallest absolute Gasteiger partial charge is 0.0933 e. The number of rotatable bonds is 5. The Labute approximate surface area is 360 Å². The second-order valence-corrected chi connectivity index (χ2v) is 16.2. The van der Waals surface area contributed by atoms with Crippen molar-refractivity contribution in [3.8, 4) is 33.4 Å². The van der Waals surface area contributed by atoms with Crippen LogP contribution >= 0.6 is 12.1 Å². The second-order valence-electron chi connectivity index (χ2n) is 15.4. The minimum atomic E-state index is 1.02. The van der Waals surface area contributed by atoms with Gasteiger partial charge in [-0.05, 0) is 81.2 Å². The van der Waals surface area contributed by atoms with Crippen molar-refractivity contribution in [2.24, 2.45) is 4.40 Å². The zero-order valence-corrected chi connectivity index (χ0v) is 34.4. The van der Waals surface area contributed by atoms with Crippen molar-refractivity contribution in [3.63, 3.8) is 0 Å². The molecule has 0 radical (unpaired) electrons. The largest absolute Gasteiger partial charge is 0.354 e. The Morgan fingerprint density at radius 1 is 0.443 bits per heavy atom. The summed E-state index contributed by atoms with van der Waals surface area (Å²) in [6, 6.07) is 75.6. The summed E-state index contributed by atoms with van der Waals surface area (Å²) < 4.78 is 6.62. The molecule has 2 aliphatic heterocycles. The fraction of sp³-hybridized carbons (Fsp3) is 0.0179. The first-order valence-electron chi connectivity index (χ1n) is 20.6. The summed E-state index contributed by atoms with van der Waals surface area (Å²) in [5, 5.41) is 5.05. The Bertz CT molecular complexity index is 3270. The third kappa shape index (κ3) is 6.56. The first-order chi connectivity index (χ1) is 30.2. The predicted octanol–water partition coefficient (Wildman–Crippen LogP) is 15.3. The van der Waals surface area contributed by atoms with Crippen LogP contribution in [0.3, 0.4) is 0 Å². The molecule has 61 heavy (non-hydrogen) atoms. The Morgan fingerprint density at radius 3 is 1.74 bits per heavy atom. The zero-order valence-electron chi connectivity index (χ0n) is 33.5. The fourth-order valence-electron chi connectivity index (χ4n) is 8.88. The number of benzene rings is 9. The molecule has 0 aliphatic carbocycles. The summed E-state index contributed by atoms with van der Waals surface area (Å²) in [5.74, 6) is 0. The standard InChI is InChI=1S/C40H26N2.C16H14N2S/c1-4-11-26(12-5-1)28-19-23-35-34(25-28)39-36(41-35)24-22-33-32-21-20-30(27-13-6-2-7-14-27)31-17-10-18-37(38(31)32)42(40(33)39)29-15-8-3-9-16-29;1-18-16(14-10-6-3-7-11-14)12-15(17-19-18)13-8-4-2-5-9-13/h1-25,41H;2-12H,1H3. The maximum atomic E-state index is 4.54. The number of para-hydroxylation sites is 1. The molecule has 10 aromatic rings. The lowest BCUT2D eigenvalue weighted by atomic mass is 9.86. The van der Waals surface area contributed by atoms with Crippen LogP contribution < -0.4 is 4.90 Å². The van der Waals surface area contributed by atoms with E-state index in [1.807, 2.05) is 31.3 Å². The SMILES string of the molecule is CN1SN=C(c2ccccc2)C=C1c1ccccc1.c1ccc(-c2ccc3[nH]c4ccc5c(c4c3c2)N(c2ccccc2)c2cccc3c(-c4ccccc4)ccc-5c23)cc1. The number of nitrogens with zero attached hydrogens (tertiary/aromatic N) is 3. The van der Waals surface area contributed by atoms with Crippen molar-refractivity contribution in [2.75, 3.05) is 11.9 Å². The van der Waals surface area contributed by atoms with E-state index in [0.29, 0.717) is 0 Å². The lowest BCUT2D eigenvalue weighted by Crippen LogP contribution is -2.15. The molecule has 4 nitrogen and oxygen atoms in total. The molecular formula is C56H40N4S. The van der Waals surface area contributed by atoms with E-state index in [0.717, 1.165) is 28.0 Å². The van der Waals surface area contributed by atoms with Gasteiger partial charge in [-0.2, -0.15) is 4.40 Å². The molecule has 12 rings (SSSR count). The topological polar surface area (TPSA) is 34.6 Å². The van der Waals surface area contributed by atoms with E-state index in [2.05, 4.69) is 213 Å². The number of nitrogens with one attached hydrogen (secondary N) is 1. The molecule has 5 heteroatoms. The van der Waals surface area contributed by atoms with Gasteiger partial charge in [-0.1, -0.05) is 176 Å². The minimum Gasteiger partial charge on any atom is -0.354 e. The number of aromatic amines is 1. The third-order valence-corrected chi connectivity index (χ3v) is 12.4. The minimum absolute atomic E-state index is 1.02. The molecule has 0 saturated heterocycles. The van der Waals surface area contributed by atoms with Gasteiger partial charge >= 0.3 is 0 Å². The van der Waals surface area contributed by atoms with E-state index < -0.39 is 0 Å².